The maximum atomic E-state index is 12.2. The lowest BCUT2D eigenvalue weighted by molar-refractivity contribution is 0.0950. The normalized spacial score (nSPS) is 10.5. The maximum absolute atomic E-state index is 12.2. The van der Waals surface area contributed by atoms with E-state index in [2.05, 4.69) is 15.5 Å². The summed E-state index contributed by atoms with van der Waals surface area (Å²) in [7, 11) is 4.00. The lowest BCUT2D eigenvalue weighted by atomic mass is 10.1. The first kappa shape index (κ1) is 17.7. The molecule has 0 aliphatic carbocycles. The Hall–Kier alpha value is -2.66. The number of hydrogen-bond acceptors (Lipinski definition) is 3. The number of hydrogen-bond donors (Lipinski definition) is 2. The minimum atomic E-state index is -0.195. The molecule has 0 spiro atoms. The molecule has 0 heterocycles. The van der Waals surface area contributed by atoms with Crippen LogP contribution >= 0.6 is 0 Å². The van der Waals surface area contributed by atoms with E-state index in [-0.39, 0.29) is 11.8 Å². The summed E-state index contributed by atoms with van der Waals surface area (Å²) in [4.78, 5) is 26.3. The highest BCUT2D eigenvalue weighted by Crippen LogP contribution is 2.10. The van der Waals surface area contributed by atoms with Gasteiger partial charge in [-0.15, -0.1) is 0 Å². The zero-order chi connectivity index (χ0) is 17.4. The molecule has 2 amide bonds. The van der Waals surface area contributed by atoms with Crippen LogP contribution in [0.2, 0.25) is 0 Å². The van der Waals surface area contributed by atoms with E-state index in [0.717, 1.165) is 18.7 Å². The van der Waals surface area contributed by atoms with Gasteiger partial charge in [0.15, 0.2) is 0 Å². The van der Waals surface area contributed by atoms with Gasteiger partial charge < -0.3 is 15.5 Å². The molecule has 24 heavy (non-hydrogen) atoms. The number of carbonyl (C=O) groups excluding carboxylic acids is 2. The van der Waals surface area contributed by atoms with Gasteiger partial charge in [-0.1, -0.05) is 18.2 Å². The predicted octanol–water partition coefficient (Wildman–Crippen LogP) is 2.62. The standard InChI is InChI=1S/C19H23N3O2/c1-22(2)14-6-13-20-18(23)15-9-11-16(12-10-15)19(24)21-17-7-4-3-5-8-17/h3-5,7-12H,6,13-14H2,1-2H3,(H,20,23)(H,21,24). The molecular weight excluding hydrogens is 302 g/mol. The fraction of sp³-hybridized carbons (Fsp3) is 0.263. The Morgan fingerprint density at radius 3 is 2.04 bits per heavy atom. The van der Waals surface area contributed by atoms with Crippen LogP contribution < -0.4 is 10.6 Å². The van der Waals surface area contributed by atoms with Gasteiger partial charge in [0.05, 0.1) is 0 Å². The fourth-order valence-corrected chi connectivity index (χ4v) is 2.20. The van der Waals surface area contributed by atoms with E-state index < -0.39 is 0 Å². The summed E-state index contributed by atoms with van der Waals surface area (Å²) < 4.78 is 0. The number of amides is 2. The highest BCUT2D eigenvalue weighted by atomic mass is 16.2. The second kappa shape index (κ2) is 8.84. The van der Waals surface area contributed by atoms with Crippen LogP contribution in [0.1, 0.15) is 27.1 Å². The number of anilines is 1. The molecule has 0 saturated heterocycles. The van der Waals surface area contributed by atoms with Crippen molar-refractivity contribution in [3.63, 3.8) is 0 Å². The Morgan fingerprint density at radius 2 is 1.46 bits per heavy atom. The Labute approximate surface area is 142 Å². The number of nitrogens with zero attached hydrogens (tertiary/aromatic N) is 1. The first-order valence-electron chi connectivity index (χ1n) is 7.95. The molecule has 2 aromatic rings. The third-order valence-corrected chi connectivity index (χ3v) is 3.51. The van der Waals surface area contributed by atoms with E-state index in [0.29, 0.717) is 17.7 Å². The van der Waals surface area contributed by atoms with Crippen molar-refractivity contribution in [1.82, 2.24) is 10.2 Å². The van der Waals surface area contributed by atoms with Gasteiger partial charge in [0.25, 0.3) is 11.8 Å². The Kier molecular flexibility index (Phi) is 6.51. The van der Waals surface area contributed by atoms with Crippen molar-refractivity contribution < 1.29 is 9.59 Å². The van der Waals surface area contributed by atoms with Crippen LogP contribution in [0.5, 0.6) is 0 Å². The largest absolute Gasteiger partial charge is 0.352 e. The van der Waals surface area contributed by atoms with Crippen LogP contribution in [0.15, 0.2) is 54.6 Å². The molecule has 2 N–H and O–H groups in total. The van der Waals surface area contributed by atoms with Crippen molar-refractivity contribution >= 4 is 17.5 Å². The molecule has 0 radical (unpaired) electrons. The highest BCUT2D eigenvalue weighted by molar-refractivity contribution is 6.05. The summed E-state index contributed by atoms with van der Waals surface area (Å²) in [6.07, 6.45) is 0.899. The molecule has 0 aromatic heterocycles. The average Bonchev–Trinajstić information content (AvgIpc) is 2.59. The van der Waals surface area contributed by atoms with Crippen LogP contribution in [0.25, 0.3) is 0 Å². The molecule has 0 fully saturated rings. The summed E-state index contributed by atoms with van der Waals surface area (Å²) >= 11 is 0. The lowest BCUT2D eigenvalue weighted by Crippen LogP contribution is -2.27. The van der Waals surface area contributed by atoms with Gasteiger partial charge in [-0.05, 0) is 63.5 Å². The molecule has 2 rings (SSSR count). The van der Waals surface area contributed by atoms with Crippen LogP contribution in [-0.2, 0) is 0 Å². The Morgan fingerprint density at radius 1 is 0.875 bits per heavy atom. The zero-order valence-electron chi connectivity index (χ0n) is 14.1. The first-order valence-corrected chi connectivity index (χ1v) is 7.95. The molecule has 5 heteroatoms. The molecule has 2 aromatic carbocycles. The van der Waals surface area contributed by atoms with E-state index in [4.69, 9.17) is 0 Å². The lowest BCUT2D eigenvalue weighted by Gasteiger charge is -2.10. The predicted molar refractivity (Wildman–Crippen MR) is 96.3 cm³/mol. The van der Waals surface area contributed by atoms with Gasteiger partial charge >= 0.3 is 0 Å². The van der Waals surface area contributed by atoms with Crippen LogP contribution in [0.3, 0.4) is 0 Å². The van der Waals surface area contributed by atoms with Gasteiger partial charge in [-0.2, -0.15) is 0 Å². The monoisotopic (exact) mass is 325 g/mol. The summed E-state index contributed by atoms with van der Waals surface area (Å²) in [6, 6.07) is 15.9. The summed E-state index contributed by atoms with van der Waals surface area (Å²) in [5.74, 6) is -0.317. The van der Waals surface area contributed by atoms with E-state index in [1.54, 1.807) is 24.3 Å². The second-order valence-electron chi connectivity index (χ2n) is 5.81. The smallest absolute Gasteiger partial charge is 0.255 e. The van der Waals surface area contributed by atoms with Crippen LogP contribution in [-0.4, -0.2) is 43.9 Å². The number of rotatable bonds is 7. The van der Waals surface area contributed by atoms with Gasteiger partial charge in [0, 0.05) is 23.4 Å². The number of nitrogens with one attached hydrogen (secondary N) is 2. The number of para-hydroxylation sites is 1. The van der Waals surface area contributed by atoms with Gasteiger partial charge in [0.1, 0.15) is 0 Å². The van der Waals surface area contributed by atoms with Crippen molar-refractivity contribution in [1.29, 1.82) is 0 Å². The second-order valence-corrected chi connectivity index (χ2v) is 5.81. The van der Waals surface area contributed by atoms with Crippen molar-refractivity contribution in [2.75, 3.05) is 32.5 Å². The van der Waals surface area contributed by atoms with E-state index in [1.165, 1.54) is 0 Å². The zero-order valence-corrected chi connectivity index (χ0v) is 14.1. The van der Waals surface area contributed by atoms with E-state index >= 15 is 0 Å². The first-order chi connectivity index (χ1) is 11.6. The topological polar surface area (TPSA) is 61.4 Å². The summed E-state index contributed by atoms with van der Waals surface area (Å²) in [5.41, 5.74) is 1.81. The third kappa shape index (κ3) is 5.52. The van der Waals surface area contributed by atoms with Crippen molar-refractivity contribution in [2.24, 2.45) is 0 Å². The molecular formula is C19H23N3O2. The Bertz CT molecular complexity index is 667. The average molecular weight is 325 g/mol. The molecule has 0 saturated carbocycles. The molecule has 0 atom stereocenters. The van der Waals surface area contributed by atoms with Gasteiger partial charge in [-0.25, -0.2) is 0 Å². The van der Waals surface area contributed by atoms with Crippen LogP contribution in [0.4, 0.5) is 5.69 Å². The number of carbonyl (C=O) groups is 2. The highest BCUT2D eigenvalue weighted by Gasteiger charge is 2.09. The van der Waals surface area contributed by atoms with E-state index in [9.17, 15) is 9.59 Å². The quantitative estimate of drug-likeness (QED) is 0.769. The molecule has 0 unspecified atom stereocenters. The van der Waals surface area contributed by atoms with Gasteiger partial charge in [-0.3, -0.25) is 9.59 Å². The number of benzene rings is 2. The maximum Gasteiger partial charge on any atom is 0.255 e. The molecule has 0 bridgehead atoms. The Balaban J connectivity index is 1.87. The third-order valence-electron chi connectivity index (χ3n) is 3.51. The van der Waals surface area contributed by atoms with E-state index in [1.807, 2.05) is 44.4 Å². The summed E-state index contributed by atoms with van der Waals surface area (Å²) in [5, 5.41) is 5.69. The molecule has 126 valence electrons. The minimum Gasteiger partial charge on any atom is -0.352 e. The van der Waals surface area contributed by atoms with Crippen molar-refractivity contribution in [3.8, 4) is 0 Å². The minimum absolute atomic E-state index is 0.122. The van der Waals surface area contributed by atoms with Crippen molar-refractivity contribution in [2.45, 2.75) is 6.42 Å². The van der Waals surface area contributed by atoms with Crippen molar-refractivity contribution in [3.05, 3.63) is 65.7 Å². The molecule has 0 aliphatic rings. The van der Waals surface area contributed by atoms with Gasteiger partial charge in [0.2, 0.25) is 0 Å². The SMILES string of the molecule is CN(C)CCCNC(=O)c1ccc(C(=O)Nc2ccccc2)cc1. The molecule has 0 aliphatic heterocycles. The fourth-order valence-electron chi connectivity index (χ4n) is 2.20. The van der Waals surface area contributed by atoms with Crippen LogP contribution in [0, 0.1) is 0 Å². The summed E-state index contributed by atoms with van der Waals surface area (Å²) in [6.45, 7) is 1.56. The molecule has 5 nitrogen and oxygen atoms in total.